The van der Waals surface area contributed by atoms with Crippen molar-refractivity contribution in [2.24, 2.45) is 0 Å². The molecule has 1 aromatic heterocycles. The molecule has 1 fully saturated rings. The van der Waals surface area contributed by atoms with Crippen molar-refractivity contribution >= 4 is 28.3 Å². The zero-order chi connectivity index (χ0) is 20.1. The van der Waals surface area contributed by atoms with Crippen molar-refractivity contribution in [3.05, 3.63) is 34.8 Å². The maximum atomic E-state index is 12.5. The van der Waals surface area contributed by atoms with Gasteiger partial charge in [-0.05, 0) is 63.8 Å². The van der Waals surface area contributed by atoms with Crippen LogP contribution in [0.15, 0.2) is 24.3 Å². The average Bonchev–Trinajstić information content (AvgIpc) is 3.14. The van der Waals surface area contributed by atoms with Crippen LogP contribution in [0.5, 0.6) is 5.75 Å². The molecule has 0 spiro atoms. The second-order valence-electron chi connectivity index (χ2n) is 7.05. The lowest BCUT2D eigenvalue weighted by molar-refractivity contribution is -0.139. The molecule has 2 amide bonds. The lowest BCUT2D eigenvalue weighted by Crippen LogP contribution is -2.49. The quantitative estimate of drug-likeness (QED) is 0.799. The summed E-state index contributed by atoms with van der Waals surface area (Å²) in [6.45, 7) is 6.16. The standard InChI is InChI=1S/C20H26N4O3S/c1-4-17-22-23-20(28-17)21-19(26)15-8-10-16(11-9-15)27-12-18(25)24-13(2)6-5-7-14(24)3/h8-11,13-14H,4-7,12H2,1-3H3,(H,21,23,26)/t13-,14-/m0/s1. The first-order valence-electron chi connectivity index (χ1n) is 9.65. The highest BCUT2D eigenvalue weighted by Gasteiger charge is 2.28. The van der Waals surface area contributed by atoms with Gasteiger partial charge in [-0.1, -0.05) is 18.3 Å². The Morgan fingerprint density at radius 1 is 1.18 bits per heavy atom. The SMILES string of the molecule is CCc1nnc(NC(=O)c2ccc(OCC(=O)N3[C@@H](C)CCC[C@@H]3C)cc2)s1. The molecule has 0 saturated carbocycles. The van der Waals surface area contributed by atoms with Crippen LogP contribution < -0.4 is 10.1 Å². The largest absolute Gasteiger partial charge is 0.484 e. The Morgan fingerprint density at radius 3 is 2.46 bits per heavy atom. The minimum atomic E-state index is -0.252. The summed E-state index contributed by atoms with van der Waals surface area (Å²) >= 11 is 1.36. The summed E-state index contributed by atoms with van der Waals surface area (Å²) in [5.74, 6) is 0.313. The fraction of sp³-hybridized carbons (Fsp3) is 0.500. The number of ether oxygens (including phenoxy) is 1. The van der Waals surface area contributed by atoms with Gasteiger partial charge in [-0.15, -0.1) is 10.2 Å². The summed E-state index contributed by atoms with van der Waals surface area (Å²) in [5.41, 5.74) is 0.491. The van der Waals surface area contributed by atoms with Gasteiger partial charge in [0, 0.05) is 17.6 Å². The summed E-state index contributed by atoms with van der Waals surface area (Å²) < 4.78 is 5.65. The normalized spacial score (nSPS) is 19.3. The van der Waals surface area contributed by atoms with Crippen molar-refractivity contribution < 1.29 is 14.3 Å². The fourth-order valence-electron chi connectivity index (χ4n) is 3.45. The number of aryl methyl sites for hydroxylation is 1. The van der Waals surface area contributed by atoms with Crippen LogP contribution in [0.3, 0.4) is 0 Å². The van der Waals surface area contributed by atoms with Gasteiger partial charge >= 0.3 is 0 Å². The molecule has 3 rings (SSSR count). The lowest BCUT2D eigenvalue weighted by atomic mass is 9.97. The van der Waals surface area contributed by atoms with Gasteiger partial charge in [0.25, 0.3) is 11.8 Å². The molecule has 1 saturated heterocycles. The van der Waals surface area contributed by atoms with Crippen molar-refractivity contribution in [1.29, 1.82) is 0 Å². The molecule has 150 valence electrons. The number of benzene rings is 1. The highest BCUT2D eigenvalue weighted by Crippen LogP contribution is 2.23. The minimum absolute atomic E-state index is 0.00418. The number of rotatable bonds is 6. The van der Waals surface area contributed by atoms with Gasteiger partial charge in [0.15, 0.2) is 6.61 Å². The van der Waals surface area contributed by atoms with Gasteiger partial charge in [-0.3, -0.25) is 14.9 Å². The molecule has 0 radical (unpaired) electrons. The zero-order valence-corrected chi connectivity index (χ0v) is 17.3. The average molecular weight is 403 g/mol. The molecule has 28 heavy (non-hydrogen) atoms. The molecule has 1 aromatic carbocycles. The molecule has 0 aliphatic carbocycles. The monoisotopic (exact) mass is 402 g/mol. The van der Waals surface area contributed by atoms with Crippen LogP contribution in [0.2, 0.25) is 0 Å². The van der Waals surface area contributed by atoms with Gasteiger partial charge in [0.2, 0.25) is 5.13 Å². The van der Waals surface area contributed by atoms with Crippen LogP contribution in [0.4, 0.5) is 5.13 Å². The third-order valence-electron chi connectivity index (χ3n) is 4.95. The number of likely N-dealkylation sites (tertiary alicyclic amines) is 1. The summed E-state index contributed by atoms with van der Waals surface area (Å²) in [7, 11) is 0. The number of aromatic nitrogens is 2. The van der Waals surface area contributed by atoms with Crippen molar-refractivity contribution in [3.63, 3.8) is 0 Å². The molecule has 0 bridgehead atoms. The predicted molar refractivity (Wildman–Crippen MR) is 109 cm³/mol. The Morgan fingerprint density at radius 2 is 1.86 bits per heavy atom. The first-order chi connectivity index (χ1) is 13.5. The van der Waals surface area contributed by atoms with E-state index in [0.29, 0.717) is 16.4 Å². The van der Waals surface area contributed by atoms with Crippen LogP contribution in [0.1, 0.15) is 55.4 Å². The minimum Gasteiger partial charge on any atom is -0.484 e. The topological polar surface area (TPSA) is 84.4 Å². The van der Waals surface area contributed by atoms with Crippen LogP contribution >= 0.6 is 11.3 Å². The summed E-state index contributed by atoms with van der Waals surface area (Å²) in [6.07, 6.45) is 4.02. The number of hydrogen-bond acceptors (Lipinski definition) is 6. The molecular weight excluding hydrogens is 376 g/mol. The smallest absolute Gasteiger partial charge is 0.260 e. The van der Waals surface area contributed by atoms with Crippen LogP contribution in [0, 0.1) is 0 Å². The van der Waals surface area contributed by atoms with Gasteiger partial charge in [0.1, 0.15) is 10.8 Å². The van der Waals surface area contributed by atoms with E-state index in [2.05, 4.69) is 29.4 Å². The van der Waals surface area contributed by atoms with Crippen LogP contribution in [-0.4, -0.2) is 45.6 Å². The molecule has 7 nitrogen and oxygen atoms in total. The number of amides is 2. The second-order valence-corrected chi connectivity index (χ2v) is 8.11. The number of carbonyl (C=O) groups excluding carboxylic acids is 2. The molecule has 1 aliphatic rings. The number of nitrogens with zero attached hydrogens (tertiary/aromatic N) is 3. The van der Waals surface area contributed by atoms with E-state index in [-0.39, 0.29) is 30.5 Å². The predicted octanol–water partition coefficient (Wildman–Crippen LogP) is 3.52. The number of nitrogens with one attached hydrogen (secondary N) is 1. The summed E-state index contributed by atoms with van der Waals surface area (Å²) in [6, 6.07) is 7.23. The Labute approximate surface area is 169 Å². The highest BCUT2D eigenvalue weighted by atomic mass is 32.1. The maximum absolute atomic E-state index is 12.5. The molecule has 2 aromatic rings. The van der Waals surface area contributed by atoms with E-state index >= 15 is 0 Å². The van der Waals surface area contributed by atoms with E-state index < -0.39 is 0 Å². The van der Waals surface area contributed by atoms with Crippen molar-refractivity contribution in [2.75, 3.05) is 11.9 Å². The third kappa shape index (κ3) is 4.86. The third-order valence-corrected chi connectivity index (χ3v) is 5.93. The number of piperidine rings is 1. The Bertz CT molecular complexity index is 811. The first-order valence-corrected chi connectivity index (χ1v) is 10.5. The summed E-state index contributed by atoms with van der Waals surface area (Å²) in [5, 5.41) is 12.0. The molecule has 2 atom stereocenters. The van der Waals surface area contributed by atoms with Gasteiger partial charge < -0.3 is 9.64 Å². The molecule has 1 aliphatic heterocycles. The molecule has 0 unspecified atom stereocenters. The van der Waals surface area contributed by atoms with Gasteiger partial charge in [0.05, 0.1) is 0 Å². The molecule has 1 N–H and O–H groups in total. The highest BCUT2D eigenvalue weighted by molar-refractivity contribution is 7.15. The van der Waals surface area contributed by atoms with E-state index in [1.165, 1.54) is 11.3 Å². The molecular formula is C20H26N4O3S. The van der Waals surface area contributed by atoms with E-state index in [1.54, 1.807) is 24.3 Å². The van der Waals surface area contributed by atoms with E-state index in [9.17, 15) is 9.59 Å². The zero-order valence-electron chi connectivity index (χ0n) is 16.5. The van der Waals surface area contributed by atoms with Crippen molar-refractivity contribution in [1.82, 2.24) is 15.1 Å². The van der Waals surface area contributed by atoms with E-state index in [4.69, 9.17) is 4.74 Å². The fourth-order valence-corrected chi connectivity index (χ4v) is 4.13. The van der Waals surface area contributed by atoms with Crippen molar-refractivity contribution in [3.8, 4) is 5.75 Å². The lowest BCUT2D eigenvalue weighted by Gasteiger charge is -2.38. The van der Waals surface area contributed by atoms with Crippen LogP contribution in [0.25, 0.3) is 0 Å². The summed E-state index contributed by atoms with van der Waals surface area (Å²) in [4.78, 5) is 26.7. The first kappa shape index (κ1) is 20.3. The number of carbonyl (C=O) groups is 2. The van der Waals surface area contributed by atoms with Gasteiger partial charge in [-0.25, -0.2) is 0 Å². The maximum Gasteiger partial charge on any atom is 0.260 e. The van der Waals surface area contributed by atoms with Crippen molar-refractivity contribution in [2.45, 2.75) is 58.5 Å². The number of hydrogen-bond donors (Lipinski definition) is 1. The Balaban J connectivity index is 1.53. The molecule has 8 heteroatoms. The van der Waals surface area contributed by atoms with Crippen LogP contribution in [-0.2, 0) is 11.2 Å². The Hall–Kier alpha value is -2.48. The van der Waals surface area contributed by atoms with E-state index in [1.807, 2.05) is 11.8 Å². The van der Waals surface area contributed by atoms with Gasteiger partial charge in [-0.2, -0.15) is 0 Å². The Kier molecular flexibility index (Phi) is 6.61. The number of anilines is 1. The van der Waals surface area contributed by atoms with E-state index in [0.717, 1.165) is 30.7 Å². The molecule has 2 heterocycles. The second kappa shape index (κ2) is 9.14.